The minimum Gasteiger partial charge on any atom is -0.376 e. The standard InChI is InChI=1S/C18H17N3O2S/c22-17-14-8-2-5-11-4-1-7-13(15(11)14)16(17)20-21-18(24)19-10-12-6-3-9-23-12/h1-2,4-5,7-8,12H,3,6,9-10H2,(H2,19,21,24)/b20-16-. The summed E-state index contributed by atoms with van der Waals surface area (Å²) in [6, 6.07) is 11.6. The van der Waals surface area contributed by atoms with Gasteiger partial charge in [0.25, 0.3) is 0 Å². The molecule has 2 aromatic rings. The Morgan fingerprint density at radius 2 is 2.04 bits per heavy atom. The van der Waals surface area contributed by atoms with Crippen LogP contribution in [0.15, 0.2) is 41.5 Å². The topological polar surface area (TPSA) is 62.7 Å². The molecule has 1 saturated heterocycles. The van der Waals surface area contributed by atoms with Crippen molar-refractivity contribution in [1.82, 2.24) is 10.7 Å². The van der Waals surface area contributed by atoms with E-state index < -0.39 is 0 Å². The van der Waals surface area contributed by atoms with Crippen molar-refractivity contribution in [2.24, 2.45) is 5.10 Å². The van der Waals surface area contributed by atoms with Crippen LogP contribution in [0.4, 0.5) is 0 Å². The summed E-state index contributed by atoms with van der Waals surface area (Å²) < 4.78 is 5.54. The summed E-state index contributed by atoms with van der Waals surface area (Å²) in [7, 11) is 0. The van der Waals surface area contributed by atoms with Crippen molar-refractivity contribution in [1.29, 1.82) is 0 Å². The molecule has 0 amide bonds. The summed E-state index contributed by atoms with van der Waals surface area (Å²) in [5.41, 5.74) is 4.74. The molecule has 1 aliphatic carbocycles. The van der Waals surface area contributed by atoms with E-state index in [9.17, 15) is 4.79 Å². The van der Waals surface area contributed by atoms with Crippen LogP contribution in [0, 0.1) is 0 Å². The lowest BCUT2D eigenvalue weighted by molar-refractivity contribution is 0.106. The molecule has 0 bridgehead atoms. The van der Waals surface area contributed by atoms with Crippen molar-refractivity contribution in [3.63, 3.8) is 0 Å². The second-order valence-electron chi connectivity index (χ2n) is 5.96. The Hall–Kier alpha value is -2.31. The van der Waals surface area contributed by atoms with Crippen molar-refractivity contribution < 1.29 is 9.53 Å². The number of benzene rings is 2. The first-order valence-corrected chi connectivity index (χ1v) is 8.45. The zero-order chi connectivity index (χ0) is 16.5. The minimum absolute atomic E-state index is 0.0729. The van der Waals surface area contributed by atoms with Crippen molar-refractivity contribution in [3.8, 4) is 0 Å². The largest absolute Gasteiger partial charge is 0.376 e. The maximum Gasteiger partial charge on any atom is 0.214 e. The van der Waals surface area contributed by atoms with Gasteiger partial charge in [-0.05, 0) is 30.4 Å². The molecule has 6 heteroatoms. The van der Waals surface area contributed by atoms with E-state index in [2.05, 4.69) is 15.8 Å². The third-order valence-electron chi connectivity index (χ3n) is 4.40. The quantitative estimate of drug-likeness (QED) is 0.664. The molecular weight excluding hydrogens is 322 g/mol. The Labute approximate surface area is 145 Å². The number of rotatable bonds is 3. The molecule has 1 atom stereocenters. The average Bonchev–Trinajstić information content (AvgIpc) is 3.21. The van der Waals surface area contributed by atoms with Crippen molar-refractivity contribution in [2.45, 2.75) is 18.9 Å². The normalized spacial score (nSPS) is 20.8. The van der Waals surface area contributed by atoms with Crippen LogP contribution in [-0.4, -0.2) is 35.9 Å². The first-order valence-electron chi connectivity index (χ1n) is 8.04. The maximum absolute atomic E-state index is 12.6. The highest BCUT2D eigenvalue weighted by Gasteiger charge is 2.28. The first-order chi connectivity index (χ1) is 11.7. The molecule has 0 spiro atoms. The minimum atomic E-state index is -0.0729. The summed E-state index contributed by atoms with van der Waals surface area (Å²) >= 11 is 5.23. The van der Waals surface area contributed by atoms with Crippen molar-refractivity contribution in [3.05, 3.63) is 47.5 Å². The number of ether oxygens (including phenoxy) is 1. The van der Waals surface area contributed by atoms with E-state index >= 15 is 0 Å². The molecule has 0 aromatic heterocycles. The second-order valence-corrected chi connectivity index (χ2v) is 6.36. The highest BCUT2D eigenvalue weighted by Crippen LogP contribution is 2.30. The lowest BCUT2D eigenvalue weighted by atomic mass is 10.1. The van der Waals surface area contributed by atoms with Crippen LogP contribution in [-0.2, 0) is 4.74 Å². The Morgan fingerprint density at radius 3 is 2.79 bits per heavy atom. The van der Waals surface area contributed by atoms with Gasteiger partial charge in [0.2, 0.25) is 5.78 Å². The number of thiocarbonyl (C=S) groups is 1. The van der Waals surface area contributed by atoms with Crippen molar-refractivity contribution >= 4 is 39.6 Å². The number of hydrogen-bond acceptors (Lipinski definition) is 4. The fraction of sp³-hybridized carbons (Fsp3) is 0.278. The van der Waals surface area contributed by atoms with Crippen LogP contribution in [0.5, 0.6) is 0 Å². The van der Waals surface area contributed by atoms with Gasteiger partial charge in [-0.2, -0.15) is 5.10 Å². The summed E-state index contributed by atoms with van der Waals surface area (Å²) in [6.07, 6.45) is 2.33. The molecule has 1 heterocycles. The molecule has 1 aliphatic heterocycles. The van der Waals surface area contributed by atoms with Gasteiger partial charge in [0, 0.05) is 29.7 Å². The Morgan fingerprint density at radius 1 is 1.25 bits per heavy atom. The van der Waals surface area contributed by atoms with E-state index in [-0.39, 0.29) is 11.9 Å². The molecule has 1 unspecified atom stereocenters. The molecule has 2 aromatic carbocycles. The number of carbonyl (C=O) groups excluding carboxylic acids is 1. The number of carbonyl (C=O) groups is 1. The third kappa shape index (κ3) is 2.68. The van der Waals surface area contributed by atoms with Gasteiger partial charge in [-0.1, -0.05) is 36.4 Å². The van der Waals surface area contributed by atoms with E-state index in [1.807, 2.05) is 36.4 Å². The zero-order valence-corrected chi connectivity index (χ0v) is 13.9. The van der Waals surface area contributed by atoms with Gasteiger partial charge in [0.1, 0.15) is 5.71 Å². The van der Waals surface area contributed by atoms with Crippen LogP contribution in [0.25, 0.3) is 10.8 Å². The van der Waals surface area contributed by atoms with Crippen LogP contribution < -0.4 is 10.7 Å². The van der Waals surface area contributed by atoms with Gasteiger partial charge in [-0.25, -0.2) is 0 Å². The summed E-state index contributed by atoms with van der Waals surface area (Å²) in [4.78, 5) is 12.6. The molecule has 5 nitrogen and oxygen atoms in total. The van der Waals surface area contributed by atoms with Crippen LogP contribution in [0.3, 0.4) is 0 Å². The van der Waals surface area contributed by atoms with Gasteiger partial charge in [-0.15, -0.1) is 0 Å². The number of Topliss-reactive ketones (excluding diaryl/α,β-unsaturated/α-hetero) is 1. The Balaban J connectivity index is 1.50. The number of hydrogen-bond donors (Lipinski definition) is 2. The van der Waals surface area contributed by atoms with Gasteiger partial charge in [-0.3, -0.25) is 10.2 Å². The average molecular weight is 339 g/mol. The van der Waals surface area contributed by atoms with E-state index in [1.165, 1.54) is 0 Å². The third-order valence-corrected chi connectivity index (χ3v) is 4.64. The monoisotopic (exact) mass is 339 g/mol. The molecular formula is C18H17N3O2S. The zero-order valence-electron chi connectivity index (χ0n) is 13.0. The first kappa shape index (κ1) is 15.2. The lowest BCUT2D eigenvalue weighted by Crippen LogP contribution is -2.37. The highest BCUT2D eigenvalue weighted by atomic mass is 32.1. The molecule has 122 valence electrons. The highest BCUT2D eigenvalue weighted by molar-refractivity contribution is 7.80. The van der Waals surface area contributed by atoms with Crippen LogP contribution in [0.2, 0.25) is 0 Å². The van der Waals surface area contributed by atoms with E-state index in [0.717, 1.165) is 35.8 Å². The lowest BCUT2D eigenvalue weighted by Gasteiger charge is -2.12. The number of ketones is 1. The van der Waals surface area contributed by atoms with Gasteiger partial charge < -0.3 is 10.1 Å². The predicted molar refractivity (Wildman–Crippen MR) is 97.5 cm³/mol. The van der Waals surface area contributed by atoms with Gasteiger partial charge in [0.15, 0.2) is 5.11 Å². The van der Waals surface area contributed by atoms with Gasteiger partial charge in [0.05, 0.1) is 6.10 Å². The van der Waals surface area contributed by atoms with Crippen LogP contribution in [0.1, 0.15) is 28.8 Å². The second kappa shape index (κ2) is 6.30. The molecule has 0 saturated carbocycles. The fourth-order valence-electron chi connectivity index (χ4n) is 3.25. The maximum atomic E-state index is 12.6. The molecule has 4 rings (SSSR count). The van der Waals surface area contributed by atoms with E-state index in [1.54, 1.807) is 0 Å². The molecule has 2 aliphatic rings. The van der Waals surface area contributed by atoms with Crippen molar-refractivity contribution in [2.75, 3.05) is 13.2 Å². The Kier molecular flexibility index (Phi) is 4.00. The number of hydrazone groups is 1. The summed E-state index contributed by atoms with van der Waals surface area (Å²) in [6.45, 7) is 1.46. The van der Waals surface area contributed by atoms with E-state index in [0.29, 0.717) is 22.9 Å². The molecule has 24 heavy (non-hydrogen) atoms. The SMILES string of the molecule is O=C1/C(=N\NC(=S)NCC2CCCO2)c2cccc3cccc1c23. The molecule has 1 fully saturated rings. The molecule has 2 N–H and O–H groups in total. The predicted octanol–water partition coefficient (Wildman–Crippen LogP) is 2.38. The number of nitrogens with zero attached hydrogens (tertiary/aromatic N) is 1. The molecule has 0 radical (unpaired) electrons. The van der Waals surface area contributed by atoms with E-state index in [4.69, 9.17) is 17.0 Å². The summed E-state index contributed by atoms with van der Waals surface area (Å²) in [5, 5.41) is 9.75. The van der Waals surface area contributed by atoms with Gasteiger partial charge >= 0.3 is 0 Å². The number of nitrogens with one attached hydrogen (secondary N) is 2. The Bertz CT molecular complexity index is 851. The smallest absolute Gasteiger partial charge is 0.214 e. The summed E-state index contributed by atoms with van der Waals surface area (Å²) in [5.74, 6) is -0.0729. The van der Waals surface area contributed by atoms with Crippen LogP contribution >= 0.6 is 12.2 Å². The fourth-order valence-corrected chi connectivity index (χ4v) is 3.38.